The van der Waals surface area contributed by atoms with Gasteiger partial charge in [-0.1, -0.05) is 12.1 Å². The third-order valence-electron chi connectivity index (χ3n) is 2.22. The number of pyridine rings is 1. The van der Waals surface area contributed by atoms with E-state index >= 15 is 0 Å². The van der Waals surface area contributed by atoms with Crippen molar-refractivity contribution in [2.45, 2.75) is 0 Å². The van der Waals surface area contributed by atoms with E-state index in [0.29, 0.717) is 5.82 Å². The topological polar surface area (TPSA) is 48.1 Å². The number of hydrogen-bond acceptors (Lipinski definition) is 3. The Labute approximate surface area is 88.5 Å². The van der Waals surface area contributed by atoms with E-state index < -0.39 is 0 Å². The summed E-state index contributed by atoms with van der Waals surface area (Å²) in [7, 11) is 1.64. The minimum Gasteiger partial charge on any atom is -0.497 e. The number of methoxy groups -OCH3 is 1. The molecule has 0 aliphatic rings. The second-order valence-electron chi connectivity index (χ2n) is 3.17. The van der Waals surface area contributed by atoms with E-state index in [-0.39, 0.29) is 0 Å². The molecule has 0 radical (unpaired) electrons. The van der Waals surface area contributed by atoms with E-state index in [1.165, 1.54) is 0 Å². The fraction of sp³-hybridized carbons (Fsp3) is 0.0833. The van der Waals surface area contributed by atoms with Crippen LogP contribution in [0.25, 0.3) is 11.1 Å². The molecule has 2 N–H and O–H groups in total. The maximum Gasteiger partial charge on any atom is 0.131 e. The summed E-state index contributed by atoms with van der Waals surface area (Å²) >= 11 is 0. The van der Waals surface area contributed by atoms with Gasteiger partial charge in [0, 0.05) is 11.8 Å². The molecule has 3 heteroatoms. The van der Waals surface area contributed by atoms with Gasteiger partial charge in [-0.05, 0) is 29.8 Å². The fourth-order valence-corrected chi connectivity index (χ4v) is 1.45. The molecule has 1 heterocycles. The van der Waals surface area contributed by atoms with Crippen molar-refractivity contribution in [1.29, 1.82) is 0 Å². The first-order valence-corrected chi connectivity index (χ1v) is 4.66. The van der Waals surface area contributed by atoms with Crippen LogP contribution >= 0.6 is 0 Å². The van der Waals surface area contributed by atoms with Gasteiger partial charge in [0.2, 0.25) is 0 Å². The molecule has 0 atom stereocenters. The molecule has 0 spiro atoms. The molecular formula is C12H12N2O. The van der Waals surface area contributed by atoms with E-state index in [0.717, 1.165) is 16.9 Å². The van der Waals surface area contributed by atoms with Crippen molar-refractivity contribution in [3.63, 3.8) is 0 Å². The van der Waals surface area contributed by atoms with Gasteiger partial charge in [0.25, 0.3) is 0 Å². The molecule has 0 saturated heterocycles. The summed E-state index contributed by atoms with van der Waals surface area (Å²) in [4.78, 5) is 4.05. The van der Waals surface area contributed by atoms with E-state index in [1.807, 2.05) is 36.4 Å². The summed E-state index contributed by atoms with van der Waals surface area (Å²) in [6.07, 6.45) is 1.68. The highest BCUT2D eigenvalue weighted by atomic mass is 16.5. The Hall–Kier alpha value is -2.03. The fourth-order valence-electron chi connectivity index (χ4n) is 1.45. The standard InChI is InChI=1S/C12H12N2O/c1-15-10-5-2-4-9(8-10)11-6-3-7-14-12(11)13/h2-8H,1H3,(H2,13,14). The van der Waals surface area contributed by atoms with Gasteiger partial charge < -0.3 is 10.5 Å². The maximum absolute atomic E-state index is 5.79. The molecule has 0 bridgehead atoms. The Morgan fingerprint density at radius 1 is 1.20 bits per heavy atom. The maximum atomic E-state index is 5.79. The van der Waals surface area contributed by atoms with Crippen LogP contribution in [0.4, 0.5) is 5.82 Å². The van der Waals surface area contributed by atoms with Gasteiger partial charge >= 0.3 is 0 Å². The van der Waals surface area contributed by atoms with Crippen LogP contribution in [0.2, 0.25) is 0 Å². The van der Waals surface area contributed by atoms with Crippen LogP contribution in [0.1, 0.15) is 0 Å². The zero-order valence-corrected chi connectivity index (χ0v) is 8.47. The molecule has 76 valence electrons. The molecule has 15 heavy (non-hydrogen) atoms. The van der Waals surface area contributed by atoms with Crippen LogP contribution in [0.15, 0.2) is 42.6 Å². The lowest BCUT2D eigenvalue weighted by Gasteiger charge is -2.06. The SMILES string of the molecule is COc1cccc(-c2cccnc2N)c1. The minimum absolute atomic E-state index is 0.533. The lowest BCUT2D eigenvalue weighted by Crippen LogP contribution is -1.93. The van der Waals surface area contributed by atoms with Gasteiger partial charge in [0.1, 0.15) is 11.6 Å². The Morgan fingerprint density at radius 3 is 2.80 bits per heavy atom. The van der Waals surface area contributed by atoms with Gasteiger partial charge in [-0.25, -0.2) is 4.98 Å². The largest absolute Gasteiger partial charge is 0.497 e. The first kappa shape index (κ1) is 9.52. The first-order valence-electron chi connectivity index (χ1n) is 4.66. The third kappa shape index (κ3) is 1.91. The van der Waals surface area contributed by atoms with Crippen molar-refractivity contribution in [2.75, 3.05) is 12.8 Å². The van der Waals surface area contributed by atoms with Crippen molar-refractivity contribution >= 4 is 5.82 Å². The highest BCUT2D eigenvalue weighted by Crippen LogP contribution is 2.26. The normalized spacial score (nSPS) is 9.93. The lowest BCUT2D eigenvalue weighted by molar-refractivity contribution is 0.415. The van der Waals surface area contributed by atoms with Crippen LogP contribution in [0, 0.1) is 0 Å². The van der Waals surface area contributed by atoms with Gasteiger partial charge in [0.15, 0.2) is 0 Å². The number of benzene rings is 1. The summed E-state index contributed by atoms with van der Waals surface area (Å²) < 4.78 is 5.15. The second kappa shape index (κ2) is 4.00. The number of anilines is 1. The van der Waals surface area contributed by atoms with Gasteiger partial charge in [-0.2, -0.15) is 0 Å². The molecule has 1 aromatic heterocycles. The first-order chi connectivity index (χ1) is 7.31. The Bertz CT molecular complexity index is 469. The zero-order valence-electron chi connectivity index (χ0n) is 8.47. The average Bonchev–Trinajstić information content (AvgIpc) is 2.30. The lowest BCUT2D eigenvalue weighted by atomic mass is 10.1. The summed E-state index contributed by atoms with van der Waals surface area (Å²) in [6.45, 7) is 0. The predicted octanol–water partition coefficient (Wildman–Crippen LogP) is 2.34. The summed E-state index contributed by atoms with van der Waals surface area (Å²) in [5.74, 6) is 1.35. The van der Waals surface area contributed by atoms with E-state index in [1.54, 1.807) is 13.3 Å². The van der Waals surface area contributed by atoms with Crippen LogP contribution in [0.5, 0.6) is 5.75 Å². The van der Waals surface area contributed by atoms with Crippen molar-refractivity contribution in [1.82, 2.24) is 4.98 Å². The molecule has 0 unspecified atom stereocenters. The third-order valence-corrected chi connectivity index (χ3v) is 2.22. The predicted molar refractivity (Wildman–Crippen MR) is 60.6 cm³/mol. The van der Waals surface area contributed by atoms with E-state index in [2.05, 4.69) is 4.98 Å². The highest BCUT2D eigenvalue weighted by Gasteiger charge is 2.03. The number of rotatable bonds is 2. The number of nitrogens with zero attached hydrogens (tertiary/aromatic N) is 1. The van der Waals surface area contributed by atoms with Crippen LogP contribution in [0.3, 0.4) is 0 Å². The Morgan fingerprint density at radius 2 is 2.07 bits per heavy atom. The van der Waals surface area contributed by atoms with Gasteiger partial charge in [-0.3, -0.25) is 0 Å². The molecule has 0 fully saturated rings. The van der Waals surface area contributed by atoms with Crippen molar-refractivity contribution in [3.8, 4) is 16.9 Å². The van der Waals surface area contributed by atoms with Crippen LogP contribution in [-0.2, 0) is 0 Å². The summed E-state index contributed by atoms with van der Waals surface area (Å²) in [5.41, 5.74) is 7.73. The molecule has 0 aliphatic carbocycles. The molecular weight excluding hydrogens is 188 g/mol. The highest BCUT2D eigenvalue weighted by molar-refractivity contribution is 5.74. The summed E-state index contributed by atoms with van der Waals surface area (Å²) in [5, 5.41) is 0. The number of nitrogens with two attached hydrogens (primary N) is 1. The molecule has 2 rings (SSSR count). The van der Waals surface area contributed by atoms with Gasteiger partial charge in [-0.15, -0.1) is 0 Å². The molecule has 3 nitrogen and oxygen atoms in total. The van der Waals surface area contributed by atoms with Crippen LogP contribution < -0.4 is 10.5 Å². The average molecular weight is 200 g/mol. The Kier molecular flexibility index (Phi) is 2.54. The van der Waals surface area contributed by atoms with Crippen LogP contribution in [-0.4, -0.2) is 12.1 Å². The van der Waals surface area contributed by atoms with Crippen molar-refractivity contribution < 1.29 is 4.74 Å². The quantitative estimate of drug-likeness (QED) is 0.809. The van der Waals surface area contributed by atoms with E-state index in [9.17, 15) is 0 Å². The van der Waals surface area contributed by atoms with Crippen molar-refractivity contribution in [2.24, 2.45) is 0 Å². The molecule has 0 saturated carbocycles. The molecule has 1 aromatic carbocycles. The Balaban J connectivity index is 2.49. The monoisotopic (exact) mass is 200 g/mol. The van der Waals surface area contributed by atoms with Gasteiger partial charge in [0.05, 0.1) is 7.11 Å². The molecule has 0 aliphatic heterocycles. The minimum atomic E-state index is 0.533. The smallest absolute Gasteiger partial charge is 0.131 e. The molecule has 2 aromatic rings. The molecule has 0 amide bonds. The number of hydrogen-bond donors (Lipinski definition) is 1. The number of ether oxygens (including phenoxy) is 1. The number of nitrogen functional groups attached to an aromatic ring is 1. The zero-order chi connectivity index (χ0) is 10.7. The summed E-state index contributed by atoms with van der Waals surface area (Å²) in [6, 6.07) is 11.6. The van der Waals surface area contributed by atoms with Crippen molar-refractivity contribution in [3.05, 3.63) is 42.6 Å². The number of aromatic nitrogens is 1. The van der Waals surface area contributed by atoms with E-state index in [4.69, 9.17) is 10.5 Å². The second-order valence-corrected chi connectivity index (χ2v) is 3.17.